The monoisotopic (exact) mass is 267 g/mol. The summed E-state index contributed by atoms with van der Waals surface area (Å²) in [5.41, 5.74) is 0. The standard InChI is InChI=1S/C15H29N3O/c1-2-18-9-6-13(7-10-18)12-17-15(19)11-14-5-3-4-8-16-14/h13-14,16H,2-12H2,1H3,(H,17,19). The second-order valence-corrected chi connectivity index (χ2v) is 6.03. The molecule has 0 aliphatic carbocycles. The summed E-state index contributed by atoms with van der Waals surface area (Å²) in [5, 5.41) is 6.57. The van der Waals surface area contributed by atoms with Gasteiger partial charge in [-0.1, -0.05) is 13.3 Å². The summed E-state index contributed by atoms with van der Waals surface area (Å²) in [7, 11) is 0. The number of piperidine rings is 2. The SMILES string of the molecule is CCN1CCC(CNC(=O)CC2CCCCN2)CC1. The molecule has 19 heavy (non-hydrogen) atoms. The van der Waals surface area contributed by atoms with Gasteiger partial charge in [0.05, 0.1) is 0 Å². The van der Waals surface area contributed by atoms with Gasteiger partial charge in [-0.2, -0.15) is 0 Å². The number of hydrogen-bond donors (Lipinski definition) is 2. The van der Waals surface area contributed by atoms with Crippen LogP contribution in [0, 0.1) is 5.92 Å². The van der Waals surface area contributed by atoms with Gasteiger partial charge in [-0.15, -0.1) is 0 Å². The lowest BCUT2D eigenvalue weighted by Gasteiger charge is -2.31. The van der Waals surface area contributed by atoms with Gasteiger partial charge >= 0.3 is 0 Å². The van der Waals surface area contributed by atoms with Crippen molar-refractivity contribution in [1.82, 2.24) is 15.5 Å². The minimum absolute atomic E-state index is 0.234. The van der Waals surface area contributed by atoms with Crippen LogP contribution in [0.3, 0.4) is 0 Å². The lowest BCUT2D eigenvalue weighted by atomic mass is 9.96. The Labute approximate surface area is 117 Å². The van der Waals surface area contributed by atoms with Gasteiger partial charge in [-0.25, -0.2) is 0 Å². The highest BCUT2D eigenvalue weighted by Gasteiger charge is 2.20. The maximum Gasteiger partial charge on any atom is 0.221 e. The molecule has 2 aliphatic heterocycles. The normalized spacial score (nSPS) is 26.3. The van der Waals surface area contributed by atoms with E-state index >= 15 is 0 Å². The molecule has 1 unspecified atom stereocenters. The Hall–Kier alpha value is -0.610. The van der Waals surface area contributed by atoms with E-state index < -0.39 is 0 Å². The molecule has 0 aromatic heterocycles. The Morgan fingerprint density at radius 1 is 1.26 bits per heavy atom. The molecule has 2 fully saturated rings. The molecule has 0 spiro atoms. The van der Waals surface area contributed by atoms with Gasteiger partial charge in [-0.3, -0.25) is 4.79 Å². The van der Waals surface area contributed by atoms with Crippen LogP contribution < -0.4 is 10.6 Å². The maximum atomic E-state index is 11.9. The average molecular weight is 267 g/mol. The molecule has 0 bridgehead atoms. The zero-order valence-corrected chi connectivity index (χ0v) is 12.3. The molecule has 0 radical (unpaired) electrons. The van der Waals surface area contributed by atoms with E-state index in [1.807, 2.05) is 0 Å². The lowest BCUT2D eigenvalue weighted by molar-refractivity contribution is -0.122. The molecule has 2 saturated heterocycles. The summed E-state index contributed by atoms with van der Waals surface area (Å²) in [6.45, 7) is 7.73. The summed E-state index contributed by atoms with van der Waals surface area (Å²) in [4.78, 5) is 14.4. The van der Waals surface area contributed by atoms with Crippen molar-refractivity contribution in [1.29, 1.82) is 0 Å². The zero-order chi connectivity index (χ0) is 13.5. The van der Waals surface area contributed by atoms with Crippen LogP contribution in [0.2, 0.25) is 0 Å². The topological polar surface area (TPSA) is 44.4 Å². The molecule has 0 saturated carbocycles. The van der Waals surface area contributed by atoms with Gasteiger partial charge in [0.25, 0.3) is 0 Å². The van der Waals surface area contributed by atoms with Gasteiger partial charge in [0, 0.05) is 19.0 Å². The van der Waals surface area contributed by atoms with Crippen LogP contribution in [0.15, 0.2) is 0 Å². The van der Waals surface area contributed by atoms with E-state index in [0.29, 0.717) is 18.4 Å². The largest absolute Gasteiger partial charge is 0.356 e. The predicted molar refractivity (Wildman–Crippen MR) is 78.1 cm³/mol. The minimum Gasteiger partial charge on any atom is -0.356 e. The highest BCUT2D eigenvalue weighted by molar-refractivity contribution is 5.76. The average Bonchev–Trinajstić information content (AvgIpc) is 2.47. The molecule has 1 atom stereocenters. The maximum absolute atomic E-state index is 11.9. The number of carbonyl (C=O) groups excluding carboxylic acids is 1. The predicted octanol–water partition coefficient (Wildman–Crippen LogP) is 1.37. The van der Waals surface area contributed by atoms with E-state index in [-0.39, 0.29) is 5.91 Å². The van der Waals surface area contributed by atoms with Crippen molar-refractivity contribution in [2.75, 3.05) is 32.7 Å². The van der Waals surface area contributed by atoms with E-state index in [1.165, 1.54) is 38.8 Å². The van der Waals surface area contributed by atoms with Crippen LogP contribution in [-0.4, -0.2) is 49.6 Å². The van der Waals surface area contributed by atoms with Crippen molar-refractivity contribution in [3.8, 4) is 0 Å². The molecular weight excluding hydrogens is 238 g/mol. The van der Waals surface area contributed by atoms with Crippen molar-refractivity contribution in [3.05, 3.63) is 0 Å². The molecule has 4 heteroatoms. The first-order valence-electron chi connectivity index (χ1n) is 8.00. The molecule has 1 amide bonds. The molecule has 2 heterocycles. The van der Waals surface area contributed by atoms with Crippen LogP contribution >= 0.6 is 0 Å². The molecule has 0 aromatic carbocycles. The van der Waals surface area contributed by atoms with E-state index in [4.69, 9.17) is 0 Å². The summed E-state index contributed by atoms with van der Waals surface area (Å²) in [6.07, 6.45) is 6.80. The molecule has 2 N–H and O–H groups in total. The van der Waals surface area contributed by atoms with E-state index in [2.05, 4.69) is 22.5 Å². The van der Waals surface area contributed by atoms with Crippen LogP contribution in [0.1, 0.15) is 45.4 Å². The summed E-state index contributed by atoms with van der Waals surface area (Å²) < 4.78 is 0. The van der Waals surface area contributed by atoms with Crippen molar-refractivity contribution >= 4 is 5.91 Å². The minimum atomic E-state index is 0.234. The van der Waals surface area contributed by atoms with Crippen molar-refractivity contribution in [2.24, 2.45) is 5.92 Å². The smallest absolute Gasteiger partial charge is 0.221 e. The zero-order valence-electron chi connectivity index (χ0n) is 12.3. The Balaban J connectivity index is 1.58. The fourth-order valence-corrected chi connectivity index (χ4v) is 3.16. The van der Waals surface area contributed by atoms with E-state index in [9.17, 15) is 4.79 Å². The van der Waals surface area contributed by atoms with Crippen LogP contribution in [0.5, 0.6) is 0 Å². The van der Waals surface area contributed by atoms with Gasteiger partial charge in [0.2, 0.25) is 5.91 Å². The summed E-state index contributed by atoms with van der Waals surface area (Å²) >= 11 is 0. The third kappa shape index (κ3) is 5.11. The first-order chi connectivity index (χ1) is 9.28. The van der Waals surface area contributed by atoms with Crippen molar-refractivity contribution in [3.63, 3.8) is 0 Å². The molecular formula is C15H29N3O. The van der Waals surface area contributed by atoms with Crippen LogP contribution in [0.25, 0.3) is 0 Å². The molecule has 2 aliphatic rings. The Morgan fingerprint density at radius 3 is 2.68 bits per heavy atom. The number of rotatable bonds is 5. The number of hydrogen-bond acceptors (Lipinski definition) is 3. The number of nitrogens with zero attached hydrogens (tertiary/aromatic N) is 1. The fraction of sp³-hybridized carbons (Fsp3) is 0.933. The second-order valence-electron chi connectivity index (χ2n) is 6.03. The first-order valence-corrected chi connectivity index (χ1v) is 8.00. The lowest BCUT2D eigenvalue weighted by Crippen LogP contribution is -2.41. The van der Waals surface area contributed by atoms with Crippen LogP contribution in [0.4, 0.5) is 0 Å². The molecule has 110 valence electrons. The number of amides is 1. The first kappa shape index (κ1) is 14.8. The fourth-order valence-electron chi connectivity index (χ4n) is 3.16. The van der Waals surface area contributed by atoms with Crippen molar-refractivity contribution < 1.29 is 4.79 Å². The Bertz CT molecular complexity index is 269. The van der Waals surface area contributed by atoms with Crippen molar-refractivity contribution in [2.45, 2.75) is 51.5 Å². The second kappa shape index (κ2) is 7.85. The van der Waals surface area contributed by atoms with E-state index in [0.717, 1.165) is 26.1 Å². The molecule has 4 nitrogen and oxygen atoms in total. The molecule has 2 rings (SSSR count). The quantitative estimate of drug-likeness (QED) is 0.791. The molecule has 0 aromatic rings. The highest BCUT2D eigenvalue weighted by Crippen LogP contribution is 2.16. The van der Waals surface area contributed by atoms with Gasteiger partial charge in [0.1, 0.15) is 0 Å². The Kier molecular flexibility index (Phi) is 6.11. The highest BCUT2D eigenvalue weighted by atomic mass is 16.1. The Morgan fingerprint density at radius 2 is 2.05 bits per heavy atom. The van der Waals surface area contributed by atoms with E-state index in [1.54, 1.807) is 0 Å². The third-order valence-electron chi connectivity index (χ3n) is 4.59. The number of likely N-dealkylation sites (tertiary alicyclic amines) is 1. The number of carbonyl (C=O) groups is 1. The van der Waals surface area contributed by atoms with Crippen LogP contribution in [-0.2, 0) is 4.79 Å². The van der Waals surface area contributed by atoms with Gasteiger partial charge < -0.3 is 15.5 Å². The number of nitrogens with one attached hydrogen (secondary N) is 2. The third-order valence-corrected chi connectivity index (χ3v) is 4.59. The summed E-state index contributed by atoms with van der Waals surface area (Å²) in [5.74, 6) is 0.920. The van der Waals surface area contributed by atoms with Gasteiger partial charge in [0.15, 0.2) is 0 Å². The van der Waals surface area contributed by atoms with Gasteiger partial charge in [-0.05, 0) is 57.8 Å². The summed E-state index contributed by atoms with van der Waals surface area (Å²) in [6, 6.07) is 0.413.